The van der Waals surface area contributed by atoms with Gasteiger partial charge in [0.25, 0.3) is 5.91 Å². The van der Waals surface area contributed by atoms with Crippen LogP contribution in [0.15, 0.2) is 18.2 Å². The Morgan fingerprint density at radius 2 is 2.17 bits per heavy atom. The summed E-state index contributed by atoms with van der Waals surface area (Å²) in [7, 11) is 2.93. The van der Waals surface area contributed by atoms with Crippen LogP contribution < -0.4 is 10.1 Å². The molecule has 0 heterocycles. The second kappa shape index (κ2) is 6.83. The van der Waals surface area contributed by atoms with Crippen LogP contribution in [0.5, 0.6) is 11.5 Å². The summed E-state index contributed by atoms with van der Waals surface area (Å²) < 4.78 is 9.69. The predicted octanol–water partition coefficient (Wildman–Crippen LogP) is 0.138. The number of hydrogen-bond donors (Lipinski definition) is 3. The van der Waals surface area contributed by atoms with Crippen LogP contribution in [-0.4, -0.2) is 49.6 Å². The van der Waals surface area contributed by atoms with Crippen molar-refractivity contribution >= 4 is 5.91 Å². The van der Waals surface area contributed by atoms with Crippen LogP contribution >= 0.6 is 0 Å². The smallest absolute Gasteiger partial charge is 0.255 e. The van der Waals surface area contributed by atoms with Crippen LogP contribution in [0.1, 0.15) is 10.4 Å². The van der Waals surface area contributed by atoms with Gasteiger partial charge in [0.1, 0.15) is 11.5 Å². The van der Waals surface area contributed by atoms with E-state index in [2.05, 4.69) is 5.32 Å². The van der Waals surface area contributed by atoms with E-state index in [1.165, 1.54) is 26.4 Å². The number of carbonyl (C=O) groups is 1. The minimum absolute atomic E-state index is 0.0450. The summed E-state index contributed by atoms with van der Waals surface area (Å²) in [6.45, 7) is 0.174. The fourth-order valence-corrected chi connectivity index (χ4v) is 1.38. The summed E-state index contributed by atoms with van der Waals surface area (Å²) >= 11 is 0. The number of rotatable bonds is 6. The minimum atomic E-state index is -0.785. The number of aromatic hydroxyl groups is 1. The van der Waals surface area contributed by atoms with Gasteiger partial charge in [0.05, 0.1) is 25.4 Å². The van der Waals surface area contributed by atoms with Gasteiger partial charge in [-0.2, -0.15) is 0 Å². The Kier molecular flexibility index (Phi) is 5.41. The molecule has 0 aliphatic carbocycles. The summed E-state index contributed by atoms with van der Waals surface area (Å²) in [5.41, 5.74) is 0.0963. The van der Waals surface area contributed by atoms with Crippen molar-refractivity contribution in [2.45, 2.75) is 6.10 Å². The summed E-state index contributed by atoms with van der Waals surface area (Å²) in [6, 6.07) is 4.35. The van der Waals surface area contributed by atoms with Gasteiger partial charge >= 0.3 is 0 Å². The highest BCUT2D eigenvalue weighted by atomic mass is 16.5. The maximum absolute atomic E-state index is 11.8. The van der Waals surface area contributed by atoms with Crippen molar-refractivity contribution in [1.82, 2.24) is 5.32 Å². The van der Waals surface area contributed by atoms with Gasteiger partial charge < -0.3 is 25.0 Å². The number of aliphatic hydroxyl groups excluding tert-OH is 1. The van der Waals surface area contributed by atoms with E-state index >= 15 is 0 Å². The first-order valence-corrected chi connectivity index (χ1v) is 5.40. The third kappa shape index (κ3) is 3.90. The Morgan fingerprint density at radius 1 is 1.44 bits per heavy atom. The first kappa shape index (κ1) is 14.3. The molecule has 0 spiro atoms. The molecule has 1 rings (SSSR count). The van der Waals surface area contributed by atoms with Crippen molar-refractivity contribution in [1.29, 1.82) is 0 Å². The Bertz CT molecular complexity index is 407. The van der Waals surface area contributed by atoms with Crippen LogP contribution in [-0.2, 0) is 4.74 Å². The van der Waals surface area contributed by atoms with E-state index in [0.717, 1.165) is 0 Å². The molecule has 1 amide bonds. The lowest BCUT2D eigenvalue weighted by molar-refractivity contribution is 0.0609. The van der Waals surface area contributed by atoms with Crippen molar-refractivity contribution in [3.05, 3.63) is 23.8 Å². The lowest BCUT2D eigenvalue weighted by Gasteiger charge is -2.12. The third-order valence-corrected chi connectivity index (χ3v) is 2.31. The van der Waals surface area contributed by atoms with Crippen LogP contribution in [0.4, 0.5) is 0 Å². The van der Waals surface area contributed by atoms with E-state index in [4.69, 9.17) is 9.47 Å². The summed E-state index contributed by atoms with van der Waals surface area (Å²) in [5.74, 6) is -0.161. The number of ether oxygens (including phenoxy) is 2. The molecule has 0 bridgehead atoms. The topological polar surface area (TPSA) is 88.0 Å². The maximum Gasteiger partial charge on any atom is 0.255 e. The first-order valence-electron chi connectivity index (χ1n) is 5.40. The lowest BCUT2D eigenvalue weighted by Crippen LogP contribution is -2.34. The zero-order valence-corrected chi connectivity index (χ0v) is 10.3. The van der Waals surface area contributed by atoms with Gasteiger partial charge in [0.15, 0.2) is 0 Å². The number of benzene rings is 1. The lowest BCUT2D eigenvalue weighted by atomic mass is 10.1. The van der Waals surface area contributed by atoms with Crippen molar-refractivity contribution in [2.24, 2.45) is 0 Å². The zero-order chi connectivity index (χ0) is 13.5. The molecule has 1 atom stereocenters. The quantitative estimate of drug-likeness (QED) is 0.673. The molecule has 100 valence electrons. The standard InChI is InChI=1S/C12H17NO5/c1-17-7-8(14)6-13-12(16)10-5-9(18-2)3-4-11(10)15/h3-5,8,14-15H,6-7H2,1-2H3,(H,13,16). The van der Waals surface area contributed by atoms with Gasteiger partial charge in [-0.3, -0.25) is 4.79 Å². The summed E-state index contributed by atoms with van der Waals surface area (Å²) in [5, 5.41) is 21.4. The number of phenolic OH excluding ortho intramolecular Hbond substituents is 1. The highest BCUT2D eigenvalue weighted by Gasteiger charge is 2.13. The second-order valence-electron chi connectivity index (χ2n) is 3.70. The molecule has 6 heteroatoms. The number of amides is 1. The Hall–Kier alpha value is -1.79. The maximum atomic E-state index is 11.8. The third-order valence-electron chi connectivity index (χ3n) is 2.31. The van der Waals surface area contributed by atoms with E-state index in [-0.39, 0.29) is 24.5 Å². The van der Waals surface area contributed by atoms with Gasteiger partial charge in [-0.1, -0.05) is 0 Å². The van der Waals surface area contributed by atoms with E-state index < -0.39 is 12.0 Å². The zero-order valence-electron chi connectivity index (χ0n) is 10.3. The Labute approximate surface area is 105 Å². The molecular formula is C12H17NO5. The number of carbonyl (C=O) groups excluding carboxylic acids is 1. The number of phenols is 1. The van der Waals surface area contributed by atoms with Crippen LogP contribution in [0.2, 0.25) is 0 Å². The molecule has 1 aromatic carbocycles. The first-order chi connectivity index (χ1) is 8.58. The highest BCUT2D eigenvalue weighted by Crippen LogP contribution is 2.22. The van der Waals surface area contributed by atoms with Crippen molar-refractivity contribution in [3.8, 4) is 11.5 Å². The molecule has 0 saturated carbocycles. The molecule has 0 aliphatic heterocycles. The summed E-state index contributed by atoms with van der Waals surface area (Å²) in [4.78, 5) is 11.8. The second-order valence-corrected chi connectivity index (χ2v) is 3.70. The molecule has 18 heavy (non-hydrogen) atoms. The van der Waals surface area contributed by atoms with Gasteiger partial charge in [-0.15, -0.1) is 0 Å². The van der Waals surface area contributed by atoms with Crippen LogP contribution in [0, 0.1) is 0 Å². The molecule has 0 aromatic heterocycles. The number of nitrogens with one attached hydrogen (secondary N) is 1. The van der Waals surface area contributed by atoms with Crippen LogP contribution in [0.3, 0.4) is 0 Å². The predicted molar refractivity (Wildman–Crippen MR) is 64.9 cm³/mol. The summed E-state index contributed by atoms with van der Waals surface area (Å²) in [6.07, 6.45) is -0.785. The molecule has 0 fully saturated rings. The van der Waals surface area contributed by atoms with Gasteiger partial charge in [-0.05, 0) is 18.2 Å². The number of hydrogen-bond acceptors (Lipinski definition) is 5. The molecule has 0 aliphatic rings. The minimum Gasteiger partial charge on any atom is -0.507 e. The fraction of sp³-hybridized carbons (Fsp3) is 0.417. The largest absolute Gasteiger partial charge is 0.507 e. The van der Waals surface area contributed by atoms with E-state index in [1.807, 2.05) is 0 Å². The average molecular weight is 255 g/mol. The molecule has 0 radical (unpaired) electrons. The normalized spacial score (nSPS) is 11.9. The van der Waals surface area contributed by atoms with Crippen molar-refractivity contribution in [3.63, 3.8) is 0 Å². The Morgan fingerprint density at radius 3 is 2.78 bits per heavy atom. The highest BCUT2D eigenvalue weighted by molar-refractivity contribution is 5.97. The average Bonchev–Trinajstić information content (AvgIpc) is 2.37. The van der Waals surface area contributed by atoms with Crippen molar-refractivity contribution < 1.29 is 24.5 Å². The number of aliphatic hydroxyl groups is 1. The van der Waals surface area contributed by atoms with Gasteiger partial charge in [0, 0.05) is 13.7 Å². The molecule has 1 unspecified atom stereocenters. The van der Waals surface area contributed by atoms with Crippen molar-refractivity contribution in [2.75, 3.05) is 27.4 Å². The Balaban J connectivity index is 2.66. The van der Waals surface area contributed by atoms with E-state index in [9.17, 15) is 15.0 Å². The molecular weight excluding hydrogens is 238 g/mol. The van der Waals surface area contributed by atoms with Gasteiger partial charge in [0.2, 0.25) is 0 Å². The molecule has 1 aromatic rings. The monoisotopic (exact) mass is 255 g/mol. The fourth-order valence-electron chi connectivity index (χ4n) is 1.38. The van der Waals surface area contributed by atoms with E-state index in [0.29, 0.717) is 5.75 Å². The van der Waals surface area contributed by atoms with Crippen LogP contribution in [0.25, 0.3) is 0 Å². The molecule has 6 nitrogen and oxygen atoms in total. The van der Waals surface area contributed by atoms with E-state index in [1.54, 1.807) is 6.07 Å². The van der Waals surface area contributed by atoms with Gasteiger partial charge in [-0.25, -0.2) is 0 Å². The molecule has 3 N–H and O–H groups in total. The molecule has 0 saturated heterocycles. The SMILES string of the molecule is COCC(O)CNC(=O)c1cc(OC)ccc1O. The number of methoxy groups -OCH3 is 2.